The fourth-order valence-corrected chi connectivity index (χ4v) is 1.39. The molecule has 0 aliphatic heterocycles. The summed E-state index contributed by atoms with van der Waals surface area (Å²) < 4.78 is 0.880. The lowest BCUT2D eigenvalue weighted by molar-refractivity contribution is 0.665. The van der Waals surface area contributed by atoms with E-state index in [1.807, 2.05) is 12.1 Å². The second-order valence-corrected chi connectivity index (χ2v) is 4.31. The van der Waals surface area contributed by atoms with Crippen molar-refractivity contribution in [1.82, 2.24) is 4.98 Å². The highest BCUT2D eigenvalue weighted by atomic mass is 79.9. The van der Waals surface area contributed by atoms with E-state index in [0.29, 0.717) is 17.4 Å². The van der Waals surface area contributed by atoms with Crippen molar-refractivity contribution in [2.24, 2.45) is 16.6 Å². The lowest BCUT2D eigenvalue weighted by Gasteiger charge is -2.03. The number of pyridine rings is 1. The molecule has 0 aliphatic rings. The quantitative estimate of drug-likeness (QED) is 0.665. The Hall–Kier alpha value is -0.900. The zero-order chi connectivity index (χ0) is 10.6. The molecule has 14 heavy (non-hydrogen) atoms. The van der Waals surface area contributed by atoms with Crippen molar-refractivity contribution < 1.29 is 0 Å². The van der Waals surface area contributed by atoms with Crippen LogP contribution < -0.4 is 5.73 Å². The first-order valence-corrected chi connectivity index (χ1v) is 5.31. The molecule has 1 aromatic heterocycles. The van der Waals surface area contributed by atoms with Crippen molar-refractivity contribution in [3.63, 3.8) is 0 Å². The van der Waals surface area contributed by atoms with Crippen LogP contribution in [0.1, 0.15) is 19.5 Å². The number of hydrogen-bond acceptors (Lipinski definition) is 2. The first kappa shape index (κ1) is 11.2. The molecule has 0 atom stereocenters. The summed E-state index contributed by atoms with van der Waals surface area (Å²) in [5.41, 5.74) is 6.52. The second-order valence-electron chi connectivity index (χ2n) is 3.45. The summed E-state index contributed by atoms with van der Waals surface area (Å²) in [6.07, 6.45) is 1.71. The molecule has 1 rings (SSSR count). The molecule has 0 fully saturated rings. The molecule has 0 saturated carbocycles. The lowest BCUT2D eigenvalue weighted by atomic mass is 10.2. The molecule has 0 spiro atoms. The third kappa shape index (κ3) is 3.10. The molecule has 0 aromatic carbocycles. The number of nitrogens with zero attached hydrogens (tertiary/aromatic N) is 2. The van der Waals surface area contributed by atoms with Gasteiger partial charge in [-0.15, -0.1) is 0 Å². The predicted molar refractivity (Wildman–Crippen MR) is 62.4 cm³/mol. The van der Waals surface area contributed by atoms with Crippen LogP contribution in [-0.2, 0) is 0 Å². The molecule has 0 bridgehead atoms. The molecule has 0 amide bonds. The molecule has 1 aromatic rings. The van der Waals surface area contributed by atoms with E-state index in [9.17, 15) is 0 Å². The molecule has 3 nitrogen and oxygen atoms in total. The fourth-order valence-electron chi connectivity index (χ4n) is 0.930. The Morgan fingerprint density at radius 3 is 2.93 bits per heavy atom. The van der Waals surface area contributed by atoms with Crippen LogP contribution in [-0.4, -0.2) is 17.4 Å². The monoisotopic (exact) mass is 255 g/mol. The van der Waals surface area contributed by atoms with Gasteiger partial charge in [0.2, 0.25) is 0 Å². The molecule has 0 saturated heterocycles. The van der Waals surface area contributed by atoms with Crippen molar-refractivity contribution >= 4 is 21.8 Å². The first-order valence-electron chi connectivity index (χ1n) is 4.52. The van der Waals surface area contributed by atoms with E-state index in [2.05, 4.69) is 39.8 Å². The Morgan fingerprint density at radius 1 is 1.64 bits per heavy atom. The Kier molecular flexibility index (Phi) is 4.07. The van der Waals surface area contributed by atoms with Gasteiger partial charge in [-0.2, -0.15) is 0 Å². The third-order valence-electron chi connectivity index (χ3n) is 1.63. The van der Waals surface area contributed by atoms with Crippen LogP contribution in [0.5, 0.6) is 0 Å². The largest absolute Gasteiger partial charge is 0.382 e. The lowest BCUT2D eigenvalue weighted by Crippen LogP contribution is -2.17. The highest BCUT2D eigenvalue weighted by molar-refractivity contribution is 9.10. The highest BCUT2D eigenvalue weighted by Crippen LogP contribution is 2.12. The van der Waals surface area contributed by atoms with Gasteiger partial charge in [-0.1, -0.05) is 13.8 Å². The van der Waals surface area contributed by atoms with E-state index >= 15 is 0 Å². The predicted octanol–water partition coefficient (Wildman–Crippen LogP) is 2.21. The van der Waals surface area contributed by atoms with Gasteiger partial charge in [0.05, 0.1) is 0 Å². The van der Waals surface area contributed by atoms with E-state index in [1.54, 1.807) is 6.20 Å². The van der Waals surface area contributed by atoms with Crippen LogP contribution >= 0.6 is 15.9 Å². The van der Waals surface area contributed by atoms with E-state index in [4.69, 9.17) is 5.73 Å². The maximum absolute atomic E-state index is 5.80. The van der Waals surface area contributed by atoms with Crippen molar-refractivity contribution in [2.45, 2.75) is 13.8 Å². The van der Waals surface area contributed by atoms with Gasteiger partial charge < -0.3 is 5.73 Å². The SMILES string of the molecule is CC(C)CN=C(N)c1ncccc1Br. The number of halogens is 1. The number of rotatable bonds is 3. The zero-order valence-corrected chi connectivity index (χ0v) is 9.95. The van der Waals surface area contributed by atoms with Gasteiger partial charge in [-0.3, -0.25) is 9.98 Å². The summed E-state index contributed by atoms with van der Waals surface area (Å²) in [6.45, 7) is 4.93. The van der Waals surface area contributed by atoms with Gasteiger partial charge in [0.25, 0.3) is 0 Å². The van der Waals surface area contributed by atoms with E-state index in [0.717, 1.165) is 11.0 Å². The highest BCUT2D eigenvalue weighted by Gasteiger charge is 2.04. The van der Waals surface area contributed by atoms with E-state index in [1.165, 1.54) is 0 Å². The van der Waals surface area contributed by atoms with Crippen LogP contribution in [0.25, 0.3) is 0 Å². The Morgan fingerprint density at radius 2 is 2.36 bits per heavy atom. The minimum Gasteiger partial charge on any atom is -0.382 e. The summed E-state index contributed by atoms with van der Waals surface area (Å²) in [7, 11) is 0. The molecule has 0 radical (unpaired) electrons. The Balaban J connectivity index is 2.84. The third-order valence-corrected chi connectivity index (χ3v) is 2.27. The summed E-state index contributed by atoms with van der Waals surface area (Å²) in [4.78, 5) is 8.41. The van der Waals surface area contributed by atoms with Gasteiger partial charge in [0.15, 0.2) is 0 Å². The normalized spacial score (nSPS) is 12.1. The second kappa shape index (κ2) is 5.10. The molecule has 1 heterocycles. The fraction of sp³-hybridized carbons (Fsp3) is 0.400. The van der Waals surface area contributed by atoms with Gasteiger partial charge in [-0.05, 0) is 34.0 Å². The Labute approximate surface area is 92.6 Å². The summed E-state index contributed by atoms with van der Waals surface area (Å²) in [5.74, 6) is 1.00. The molecule has 0 unspecified atom stereocenters. The summed E-state index contributed by atoms with van der Waals surface area (Å²) in [6, 6.07) is 3.75. The zero-order valence-electron chi connectivity index (χ0n) is 8.37. The number of hydrogen-bond donors (Lipinski definition) is 1. The van der Waals surface area contributed by atoms with Crippen molar-refractivity contribution in [2.75, 3.05) is 6.54 Å². The number of nitrogens with two attached hydrogens (primary N) is 1. The van der Waals surface area contributed by atoms with Gasteiger partial charge in [0.1, 0.15) is 11.5 Å². The van der Waals surface area contributed by atoms with E-state index in [-0.39, 0.29) is 0 Å². The minimum atomic E-state index is 0.492. The molecule has 0 aliphatic carbocycles. The van der Waals surface area contributed by atoms with Gasteiger partial charge in [0, 0.05) is 17.2 Å². The molecular weight excluding hydrogens is 242 g/mol. The molecule has 2 N–H and O–H groups in total. The maximum atomic E-state index is 5.80. The molecule has 4 heteroatoms. The summed E-state index contributed by atoms with van der Waals surface area (Å²) >= 11 is 3.38. The number of amidine groups is 1. The van der Waals surface area contributed by atoms with Crippen LogP contribution in [0.3, 0.4) is 0 Å². The maximum Gasteiger partial charge on any atom is 0.145 e. The van der Waals surface area contributed by atoms with Crippen molar-refractivity contribution in [3.05, 3.63) is 28.5 Å². The molecule has 76 valence electrons. The minimum absolute atomic E-state index is 0.492. The Bertz CT molecular complexity index is 334. The van der Waals surface area contributed by atoms with Crippen molar-refractivity contribution in [3.8, 4) is 0 Å². The smallest absolute Gasteiger partial charge is 0.145 e. The number of aromatic nitrogens is 1. The standard InChI is InChI=1S/C10H14BrN3/c1-7(2)6-14-10(12)9-8(11)4-3-5-13-9/h3-5,7H,6H2,1-2H3,(H2,12,14). The van der Waals surface area contributed by atoms with Crippen LogP contribution in [0, 0.1) is 5.92 Å². The van der Waals surface area contributed by atoms with Gasteiger partial charge >= 0.3 is 0 Å². The van der Waals surface area contributed by atoms with Crippen LogP contribution in [0.2, 0.25) is 0 Å². The van der Waals surface area contributed by atoms with Gasteiger partial charge in [-0.25, -0.2) is 0 Å². The van der Waals surface area contributed by atoms with Crippen molar-refractivity contribution in [1.29, 1.82) is 0 Å². The molecular formula is C10H14BrN3. The first-order chi connectivity index (χ1) is 6.61. The number of aliphatic imine (C=N–C) groups is 1. The van der Waals surface area contributed by atoms with E-state index < -0.39 is 0 Å². The average molecular weight is 256 g/mol. The topological polar surface area (TPSA) is 51.3 Å². The van der Waals surface area contributed by atoms with Crippen LogP contribution in [0.15, 0.2) is 27.8 Å². The summed E-state index contributed by atoms with van der Waals surface area (Å²) in [5, 5.41) is 0. The van der Waals surface area contributed by atoms with Crippen LogP contribution in [0.4, 0.5) is 0 Å². The average Bonchev–Trinajstić information content (AvgIpc) is 2.15.